The number of carbonyl (C=O) groups is 1. The normalized spacial score (nSPS) is 16.8. The zero-order valence-electron chi connectivity index (χ0n) is 23.0. The van der Waals surface area contributed by atoms with Gasteiger partial charge in [-0.1, -0.05) is 39.6 Å². The van der Waals surface area contributed by atoms with Crippen LogP contribution in [-0.2, 0) is 22.6 Å². The van der Waals surface area contributed by atoms with Gasteiger partial charge in [-0.05, 0) is 50.9 Å². The van der Waals surface area contributed by atoms with Crippen LogP contribution in [0.1, 0.15) is 46.0 Å². The van der Waals surface area contributed by atoms with Gasteiger partial charge < -0.3 is 18.9 Å². The molecule has 2 aromatic heterocycles. The van der Waals surface area contributed by atoms with Crippen LogP contribution < -0.4 is 0 Å². The number of hydrogen-bond donors (Lipinski definition) is 0. The second-order valence-electron chi connectivity index (χ2n) is 11.7. The fourth-order valence-electron chi connectivity index (χ4n) is 4.17. The van der Waals surface area contributed by atoms with E-state index < -0.39 is 13.7 Å². The zero-order valence-corrected chi connectivity index (χ0v) is 24.0. The monoisotopic (exact) mass is 516 g/mol. The van der Waals surface area contributed by atoms with Crippen LogP contribution in [0.5, 0.6) is 0 Å². The average Bonchev–Trinajstić information content (AvgIpc) is 3.13. The Kier molecular flexibility index (Phi) is 8.77. The van der Waals surface area contributed by atoms with Gasteiger partial charge >= 0.3 is 6.09 Å². The van der Waals surface area contributed by atoms with Crippen LogP contribution in [-0.4, -0.2) is 58.9 Å². The summed E-state index contributed by atoms with van der Waals surface area (Å²) in [6.07, 6.45) is 3.73. The van der Waals surface area contributed by atoms with Crippen LogP contribution in [0.4, 0.5) is 9.18 Å². The molecule has 1 atom stereocenters. The predicted molar refractivity (Wildman–Crippen MR) is 144 cm³/mol. The van der Waals surface area contributed by atoms with Crippen LogP contribution >= 0.6 is 0 Å². The Morgan fingerprint density at radius 2 is 1.97 bits per heavy atom. The first-order valence-electron chi connectivity index (χ1n) is 12.8. The molecule has 0 saturated heterocycles. The molecule has 3 rings (SSSR count). The lowest BCUT2D eigenvalue weighted by atomic mass is 9.92. The standard InChI is InChI=1S/C27H41FN4O3Si/c1-9-23-24(21-12-13-31(17-19(21)2)26(33)35-27(3,4)5)30-25(22-11-10-20(28)16-29-22)32(23)18-34-14-15-36(6,7)8/h10-12,16,19H,9,13-15,17-18H2,1-8H3. The highest BCUT2D eigenvalue weighted by atomic mass is 28.3. The molecule has 1 amide bonds. The first-order valence-corrected chi connectivity index (χ1v) is 16.5. The molecule has 1 unspecified atom stereocenters. The number of imidazole rings is 1. The van der Waals surface area contributed by atoms with E-state index >= 15 is 0 Å². The maximum Gasteiger partial charge on any atom is 0.410 e. The Labute approximate surface area is 215 Å². The fraction of sp³-hybridized carbons (Fsp3) is 0.593. The molecule has 1 aliphatic heterocycles. The molecular weight excluding hydrogens is 475 g/mol. The molecule has 9 heteroatoms. The zero-order chi connectivity index (χ0) is 26.7. The summed E-state index contributed by atoms with van der Waals surface area (Å²) in [6.45, 7) is 18.9. The third-order valence-corrected chi connectivity index (χ3v) is 7.77. The summed E-state index contributed by atoms with van der Waals surface area (Å²) in [4.78, 5) is 23.7. The van der Waals surface area contributed by atoms with Crippen molar-refractivity contribution in [2.45, 2.75) is 79.1 Å². The van der Waals surface area contributed by atoms with Gasteiger partial charge in [-0.3, -0.25) is 0 Å². The van der Waals surface area contributed by atoms with Gasteiger partial charge in [0.05, 0.1) is 11.9 Å². The minimum Gasteiger partial charge on any atom is -0.444 e. The van der Waals surface area contributed by atoms with Crippen LogP contribution in [0.25, 0.3) is 17.1 Å². The summed E-state index contributed by atoms with van der Waals surface area (Å²) in [5.41, 5.74) is 3.10. The minimum atomic E-state index is -1.22. The largest absolute Gasteiger partial charge is 0.444 e. The van der Waals surface area contributed by atoms with Crippen molar-refractivity contribution >= 4 is 19.7 Å². The molecule has 0 saturated carbocycles. The van der Waals surface area contributed by atoms with Crippen LogP contribution in [0.3, 0.4) is 0 Å². The molecule has 0 fully saturated rings. The molecule has 0 aromatic carbocycles. The number of carbonyl (C=O) groups excluding carboxylic acids is 1. The van der Waals surface area contributed by atoms with E-state index in [0.717, 1.165) is 29.4 Å². The number of ether oxygens (including phenoxy) is 2. The number of halogens is 1. The predicted octanol–water partition coefficient (Wildman–Crippen LogP) is 6.23. The van der Waals surface area contributed by atoms with Crippen LogP contribution in [0.2, 0.25) is 25.7 Å². The average molecular weight is 517 g/mol. The number of rotatable bonds is 8. The molecule has 0 spiro atoms. The van der Waals surface area contributed by atoms with E-state index in [1.807, 2.05) is 20.8 Å². The van der Waals surface area contributed by atoms with Gasteiger partial charge in [-0.15, -0.1) is 0 Å². The van der Waals surface area contributed by atoms with Crippen molar-refractivity contribution in [1.82, 2.24) is 19.4 Å². The SMILES string of the molecule is CCc1c(C2=CCN(C(=O)OC(C)(C)C)CC2C)nc(-c2ccc(F)cn2)n1COCC[Si](C)(C)C. The summed E-state index contributed by atoms with van der Waals surface area (Å²) in [5, 5.41) is 0. The molecule has 2 aromatic rings. The first-order chi connectivity index (χ1) is 16.8. The van der Waals surface area contributed by atoms with Crippen molar-refractivity contribution in [3.05, 3.63) is 41.6 Å². The first kappa shape index (κ1) is 28.1. The van der Waals surface area contributed by atoms with Gasteiger partial charge in [0.2, 0.25) is 0 Å². The molecule has 7 nitrogen and oxygen atoms in total. The second kappa shape index (κ2) is 11.3. The molecule has 1 aliphatic rings. The molecular formula is C27H41FN4O3Si. The van der Waals surface area contributed by atoms with Gasteiger partial charge in [-0.25, -0.2) is 19.2 Å². The molecule has 198 valence electrons. The quantitative estimate of drug-likeness (QED) is 0.307. The van der Waals surface area contributed by atoms with Crippen molar-refractivity contribution in [2.75, 3.05) is 19.7 Å². The van der Waals surface area contributed by atoms with E-state index in [1.54, 1.807) is 11.0 Å². The second-order valence-corrected chi connectivity index (χ2v) is 17.3. The Hall–Kier alpha value is -2.52. The summed E-state index contributed by atoms with van der Waals surface area (Å²) >= 11 is 0. The summed E-state index contributed by atoms with van der Waals surface area (Å²) in [5.74, 6) is 0.351. The summed E-state index contributed by atoms with van der Waals surface area (Å²) in [7, 11) is -1.22. The Morgan fingerprint density at radius 1 is 1.25 bits per heavy atom. The van der Waals surface area contributed by atoms with Crippen LogP contribution in [0, 0.1) is 11.7 Å². The van der Waals surface area contributed by atoms with Gasteiger partial charge in [-0.2, -0.15) is 0 Å². The fourth-order valence-corrected chi connectivity index (χ4v) is 4.93. The lowest BCUT2D eigenvalue weighted by Gasteiger charge is -2.32. The Morgan fingerprint density at radius 3 is 2.53 bits per heavy atom. The maximum atomic E-state index is 13.6. The van der Waals surface area contributed by atoms with Crippen molar-refractivity contribution in [2.24, 2.45) is 5.92 Å². The summed E-state index contributed by atoms with van der Waals surface area (Å²) in [6, 6.07) is 4.13. The van der Waals surface area contributed by atoms with Crippen molar-refractivity contribution in [3.8, 4) is 11.5 Å². The van der Waals surface area contributed by atoms with Crippen molar-refractivity contribution in [1.29, 1.82) is 0 Å². The van der Waals surface area contributed by atoms with E-state index in [0.29, 0.717) is 37.9 Å². The third kappa shape index (κ3) is 7.26. The van der Waals surface area contributed by atoms with E-state index in [2.05, 4.69) is 49.1 Å². The molecule has 0 N–H and O–H groups in total. The molecule has 0 bridgehead atoms. The lowest BCUT2D eigenvalue weighted by molar-refractivity contribution is 0.0251. The smallest absolute Gasteiger partial charge is 0.410 e. The lowest BCUT2D eigenvalue weighted by Crippen LogP contribution is -2.41. The third-order valence-electron chi connectivity index (χ3n) is 6.06. The highest BCUT2D eigenvalue weighted by Gasteiger charge is 2.30. The number of aromatic nitrogens is 3. The van der Waals surface area contributed by atoms with Gasteiger partial charge in [0.25, 0.3) is 0 Å². The molecule has 36 heavy (non-hydrogen) atoms. The molecule has 3 heterocycles. The number of hydrogen-bond acceptors (Lipinski definition) is 5. The van der Waals surface area contributed by atoms with E-state index in [-0.39, 0.29) is 17.8 Å². The van der Waals surface area contributed by atoms with Crippen molar-refractivity contribution < 1.29 is 18.7 Å². The Bertz CT molecular complexity index is 1080. The Balaban J connectivity index is 1.94. The van der Waals surface area contributed by atoms with Gasteiger partial charge in [0.15, 0.2) is 5.82 Å². The number of amides is 1. The van der Waals surface area contributed by atoms with Gasteiger partial charge in [0.1, 0.15) is 23.8 Å². The molecule has 0 radical (unpaired) electrons. The van der Waals surface area contributed by atoms with E-state index in [4.69, 9.17) is 14.5 Å². The number of pyridine rings is 1. The van der Waals surface area contributed by atoms with Gasteiger partial charge in [0, 0.05) is 39.4 Å². The minimum absolute atomic E-state index is 0.0711. The highest BCUT2D eigenvalue weighted by molar-refractivity contribution is 6.76. The molecule has 0 aliphatic carbocycles. The van der Waals surface area contributed by atoms with Crippen LogP contribution in [0.15, 0.2) is 24.4 Å². The van der Waals surface area contributed by atoms with E-state index in [9.17, 15) is 9.18 Å². The highest BCUT2D eigenvalue weighted by Crippen LogP contribution is 2.33. The summed E-state index contributed by atoms with van der Waals surface area (Å²) < 4.78 is 27.3. The maximum absolute atomic E-state index is 13.6. The van der Waals surface area contributed by atoms with E-state index in [1.165, 1.54) is 12.3 Å². The topological polar surface area (TPSA) is 69.5 Å². The number of nitrogens with zero attached hydrogens (tertiary/aromatic N) is 4. The van der Waals surface area contributed by atoms with Crippen molar-refractivity contribution in [3.63, 3.8) is 0 Å².